The summed E-state index contributed by atoms with van der Waals surface area (Å²) in [5.41, 5.74) is 7.77. The van der Waals surface area contributed by atoms with Gasteiger partial charge in [-0.3, -0.25) is 4.79 Å². The van der Waals surface area contributed by atoms with Crippen LogP contribution >= 0.6 is 0 Å². The molecule has 0 amide bonds. The summed E-state index contributed by atoms with van der Waals surface area (Å²) in [7, 11) is 0. The molecule has 3 aromatic rings. The highest BCUT2D eigenvalue weighted by atomic mass is 16.1. The molecule has 2 N–H and O–H groups in total. The Hall–Kier alpha value is -2.92. The summed E-state index contributed by atoms with van der Waals surface area (Å²) < 4.78 is 1.98. The fourth-order valence-electron chi connectivity index (χ4n) is 4.97. The van der Waals surface area contributed by atoms with Gasteiger partial charge in [0, 0.05) is 29.1 Å². The maximum atomic E-state index is 12.8. The lowest BCUT2D eigenvalue weighted by Gasteiger charge is -2.26. The van der Waals surface area contributed by atoms with Gasteiger partial charge in [0.2, 0.25) is 0 Å². The molecular weight excluding hydrogens is 384 g/mol. The van der Waals surface area contributed by atoms with Gasteiger partial charge >= 0.3 is 0 Å². The quantitative estimate of drug-likeness (QED) is 0.636. The number of hydrogen-bond acceptors (Lipinski definition) is 3. The monoisotopic (exact) mass is 412 g/mol. The molecule has 0 bridgehead atoms. The van der Waals surface area contributed by atoms with Crippen molar-refractivity contribution >= 4 is 16.6 Å². The molecule has 5 heteroatoms. The van der Waals surface area contributed by atoms with Gasteiger partial charge in [0.1, 0.15) is 11.3 Å². The van der Waals surface area contributed by atoms with Gasteiger partial charge in [-0.05, 0) is 55.2 Å². The molecule has 0 unspecified atom stereocenters. The third kappa shape index (κ3) is 3.37. The first-order valence-corrected chi connectivity index (χ1v) is 11.6. The lowest BCUT2D eigenvalue weighted by molar-refractivity contribution is 0.338. The SMILES string of the molecule is O=c1[nH]c2c(c(C3=CC=C3)nn2Cc2ccc(CNC3CCC3)cc2)c2c1CCCC2. The van der Waals surface area contributed by atoms with E-state index >= 15 is 0 Å². The van der Waals surface area contributed by atoms with Crippen LogP contribution in [0.5, 0.6) is 0 Å². The molecule has 158 valence electrons. The predicted octanol–water partition coefficient (Wildman–Crippen LogP) is 4.25. The number of aromatic amines is 1. The van der Waals surface area contributed by atoms with Crippen LogP contribution in [-0.2, 0) is 25.9 Å². The molecule has 5 nitrogen and oxygen atoms in total. The van der Waals surface area contributed by atoms with E-state index in [4.69, 9.17) is 5.10 Å². The molecule has 2 heterocycles. The second kappa shape index (κ2) is 7.65. The van der Waals surface area contributed by atoms with Crippen molar-refractivity contribution in [1.29, 1.82) is 0 Å². The summed E-state index contributed by atoms with van der Waals surface area (Å²) in [6.45, 7) is 1.58. The Balaban J connectivity index is 1.33. The molecular formula is C26H28N4O. The summed E-state index contributed by atoms with van der Waals surface area (Å²) in [6, 6.07) is 9.48. The average molecular weight is 413 g/mol. The molecule has 0 radical (unpaired) electrons. The number of H-pyrrole nitrogens is 1. The number of allylic oxidation sites excluding steroid dienone is 4. The topological polar surface area (TPSA) is 62.7 Å². The van der Waals surface area contributed by atoms with Crippen LogP contribution in [0.1, 0.15) is 60.1 Å². The van der Waals surface area contributed by atoms with Gasteiger partial charge in [-0.15, -0.1) is 0 Å². The minimum atomic E-state index is 0.0606. The second-order valence-corrected chi connectivity index (χ2v) is 9.15. The molecule has 0 saturated heterocycles. The molecule has 31 heavy (non-hydrogen) atoms. The maximum Gasteiger partial charge on any atom is 0.253 e. The maximum absolute atomic E-state index is 12.8. The van der Waals surface area contributed by atoms with Crippen molar-refractivity contribution in [3.8, 4) is 0 Å². The molecule has 1 fully saturated rings. The van der Waals surface area contributed by atoms with Gasteiger partial charge in [-0.2, -0.15) is 5.10 Å². The highest BCUT2D eigenvalue weighted by molar-refractivity contribution is 5.96. The smallest absolute Gasteiger partial charge is 0.253 e. The number of fused-ring (bicyclic) bond motifs is 3. The number of benzene rings is 1. The van der Waals surface area contributed by atoms with Crippen molar-refractivity contribution < 1.29 is 0 Å². The molecule has 0 aliphatic heterocycles. The molecule has 3 aliphatic carbocycles. The van der Waals surface area contributed by atoms with E-state index in [0.29, 0.717) is 12.6 Å². The standard InChI is InChI=1S/C26H28N4O/c31-26-22-10-2-1-9-21(22)23-24(19-5-3-6-19)29-30(25(23)28-26)16-18-13-11-17(12-14-18)15-27-20-7-4-8-20/h3,5-6,11-14,20,27H,1-2,4,7-10,15-16H2,(H,28,31). The van der Waals surface area contributed by atoms with E-state index in [0.717, 1.165) is 60.1 Å². The van der Waals surface area contributed by atoms with Crippen LogP contribution in [0.15, 0.2) is 47.3 Å². The Morgan fingerprint density at radius 3 is 2.45 bits per heavy atom. The van der Waals surface area contributed by atoms with E-state index in [1.54, 1.807) is 0 Å². The molecule has 3 aliphatic rings. The van der Waals surface area contributed by atoms with Gasteiger partial charge in [0.25, 0.3) is 5.56 Å². The number of hydrogen-bond donors (Lipinski definition) is 2. The van der Waals surface area contributed by atoms with Crippen LogP contribution in [0.25, 0.3) is 16.6 Å². The van der Waals surface area contributed by atoms with E-state index in [1.807, 2.05) is 4.68 Å². The van der Waals surface area contributed by atoms with Crippen molar-refractivity contribution in [1.82, 2.24) is 20.1 Å². The van der Waals surface area contributed by atoms with E-state index in [-0.39, 0.29) is 5.56 Å². The third-order valence-corrected chi connectivity index (χ3v) is 7.11. The van der Waals surface area contributed by atoms with Gasteiger partial charge in [-0.25, -0.2) is 4.68 Å². The van der Waals surface area contributed by atoms with Crippen molar-refractivity contribution in [2.45, 2.75) is 64.1 Å². The first-order valence-electron chi connectivity index (χ1n) is 11.6. The predicted molar refractivity (Wildman–Crippen MR) is 124 cm³/mol. The van der Waals surface area contributed by atoms with Crippen LogP contribution in [0, 0.1) is 0 Å². The van der Waals surface area contributed by atoms with E-state index < -0.39 is 0 Å². The molecule has 0 atom stereocenters. The Labute approximate surface area is 181 Å². The van der Waals surface area contributed by atoms with E-state index in [2.05, 4.69) is 52.8 Å². The normalized spacial score (nSPS) is 17.9. The van der Waals surface area contributed by atoms with Crippen LogP contribution in [0.3, 0.4) is 0 Å². The van der Waals surface area contributed by atoms with Gasteiger partial charge in [0.15, 0.2) is 0 Å². The number of aryl methyl sites for hydroxylation is 1. The summed E-state index contributed by atoms with van der Waals surface area (Å²) >= 11 is 0. The molecule has 0 spiro atoms. The number of rotatable bonds is 6. The Kier molecular flexibility index (Phi) is 4.64. The zero-order chi connectivity index (χ0) is 20.8. The Morgan fingerprint density at radius 2 is 1.77 bits per heavy atom. The summed E-state index contributed by atoms with van der Waals surface area (Å²) in [6.07, 6.45) is 14.3. The van der Waals surface area contributed by atoms with Crippen LogP contribution in [0.2, 0.25) is 0 Å². The zero-order valence-corrected chi connectivity index (χ0v) is 17.8. The number of nitrogens with zero attached hydrogens (tertiary/aromatic N) is 2. The largest absolute Gasteiger partial charge is 0.310 e. The van der Waals surface area contributed by atoms with Crippen molar-refractivity contribution in [3.05, 3.63) is 80.8 Å². The zero-order valence-electron chi connectivity index (χ0n) is 17.8. The second-order valence-electron chi connectivity index (χ2n) is 9.15. The summed E-state index contributed by atoms with van der Waals surface area (Å²) in [4.78, 5) is 16.0. The highest BCUT2D eigenvalue weighted by Crippen LogP contribution is 2.33. The molecule has 1 aromatic carbocycles. The van der Waals surface area contributed by atoms with Gasteiger partial charge in [0.05, 0.1) is 6.54 Å². The molecule has 2 aromatic heterocycles. The van der Waals surface area contributed by atoms with E-state index in [1.165, 1.54) is 36.0 Å². The van der Waals surface area contributed by atoms with Crippen LogP contribution in [-0.4, -0.2) is 20.8 Å². The first-order chi connectivity index (χ1) is 15.3. The third-order valence-electron chi connectivity index (χ3n) is 7.11. The lowest BCUT2D eigenvalue weighted by Crippen LogP contribution is -2.34. The fraction of sp³-hybridized carbons (Fsp3) is 0.385. The molecule has 1 saturated carbocycles. The minimum absolute atomic E-state index is 0.0606. The van der Waals surface area contributed by atoms with Crippen molar-refractivity contribution in [2.24, 2.45) is 0 Å². The van der Waals surface area contributed by atoms with Crippen molar-refractivity contribution in [3.63, 3.8) is 0 Å². The number of nitrogens with one attached hydrogen (secondary N) is 2. The van der Waals surface area contributed by atoms with Gasteiger partial charge in [-0.1, -0.05) is 48.9 Å². The van der Waals surface area contributed by atoms with Crippen molar-refractivity contribution in [2.75, 3.05) is 0 Å². The number of pyridine rings is 1. The minimum Gasteiger partial charge on any atom is -0.310 e. The Morgan fingerprint density at radius 1 is 1.03 bits per heavy atom. The fourth-order valence-corrected chi connectivity index (χ4v) is 4.97. The summed E-state index contributed by atoms with van der Waals surface area (Å²) in [5, 5.41) is 9.74. The van der Waals surface area contributed by atoms with Gasteiger partial charge < -0.3 is 10.3 Å². The first kappa shape index (κ1) is 18.8. The molecule has 6 rings (SSSR count). The highest BCUT2D eigenvalue weighted by Gasteiger charge is 2.24. The average Bonchev–Trinajstić information content (AvgIpc) is 3.05. The van der Waals surface area contributed by atoms with Crippen LogP contribution < -0.4 is 10.9 Å². The van der Waals surface area contributed by atoms with E-state index in [9.17, 15) is 4.79 Å². The Bertz CT molecular complexity index is 1260. The summed E-state index contributed by atoms with van der Waals surface area (Å²) in [5.74, 6) is 0. The number of aromatic nitrogens is 3. The van der Waals surface area contributed by atoms with Crippen LogP contribution in [0.4, 0.5) is 0 Å². The lowest BCUT2D eigenvalue weighted by atomic mass is 9.89.